The van der Waals surface area contributed by atoms with Gasteiger partial charge in [0.25, 0.3) is 5.91 Å². The zero-order valence-corrected chi connectivity index (χ0v) is 12.0. The number of carbonyl (C=O) groups is 2. The minimum atomic E-state index is -0.830. The Labute approximate surface area is 115 Å². The minimum Gasteiger partial charge on any atom is -0.481 e. The summed E-state index contributed by atoms with van der Waals surface area (Å²) in [6.45, 7) is 0.489. The van der Waals surface area contributed by atoms with Gasteiger partial charge in [-0.15, -0.1) is 23.1 Å². The molecule has 1 amide bonds. The summed E-state index contributed by atoms with van der Waals surface area (Å²) < 4.78 is 1.07. The van der Waals surface area contributed by atoms with Crippen molar-refractivity contribution in [3.05, 3.63) is 19.9 Å². The third-order valence-electron chi connectivity index (χ3n) is 1.59. The summed E-state index contributed by atoms with van der Waals surface area (Å²) in [5.41, 5.74) is 0.664. The van der Waals surface area contributed by atoms with Crippen molar-refractivity contribution in [1.82, 2.24) is 5.32 Å². The maximum Gasteiger partial charge on any atom is 0.313 e. The van der Waals surface area contributed by atoms with Gasteiger partial charge in [-0.2, -0.15) is 0 Å². The van der Waals surface area contributed by atoms with Crippen LogP contribution in [-0.2, 0) is 4.79 Å². The number of thiophene rings is 1. The monoisotopic (exact) mass is 371 g/mol. The van der Waals surface area contributed by atoms with Crippen LogP contribution in [0.5, 0.6) is 0 Å². The molecule has 0 aliphatic heterocycles. The molecule has 0 bridgehead atoms. The summed E-state index contributed by atoms with van der Waals surface area (Å²) in [7, 11) is 0. The second-order valence-corrected chi connectivity index (χ2v) is 6.75. The van der Waals surface area contributed by atoms with Crippen molar-refractivity contribution in [2.45, 2.75) is 0 Å². The van der Waals surface area contributed by atoms with Crippen molar-refractivity contribution in [3.8, 4) is 0 Å². The van der Waals surface area contributed by atoms with E-state index in [1.807, 2.05) is 11.4 Å². The Morgan fingerprint density at radius 2 is 2.31 bits per heavy atom. The van der Waals surface area contributed by atoms with Crippen LogP contribution in [0.2, 0.25) is 0 Å². The van der Waals surface area contributed by atoms with Crippen molar-refractivity contribution >= 4 is 57.6 Å². The smallest absolute Gasteiger partial charge is 0.313 e. The van der Waals surface area contributed by atoms with Crippen molar-refractivity contribution in [2.24, 2.45) is 0 Å². The Bertz CT molecular complexity index is 381. The fraction of sp³-hybridized carbons (Fsp3) is 0.333. The number of aliphatic carboxylic acids is 1. The third-order valence-corrected chi connectivity index (χ3v) is 4.32. The topological polar surface area (TPSA) is 66.4 Å². The molecular formula is C9H10INO3S2. The van der Waals surface area contributed by atoms with Crippen molar-refractivity contribution in [1.29, 1.82) is 0 Å². The molecule has 0 atom stereocenters. The van der Waals surface area contributed by atoms with Gasteiger partial charge in [-0.3, -0.25) is 9.59 Å². The molecular weight excluding hydrogens is 361 g/mol. The number of amides is 1. The van der Waals surface area contributed by atoms with E-state index in [9.17, 15) is 9.59 Å². The van der Waals surface area contributed by atoms with E-state index in [1.54, 1.807) is 0 Å². The van der Waals surface area contributed by atoms with E-state index in [2.05, 4.69) is 27.9 Å². The number of nitrogens with one attached hydrogen (secondary N) is 1. The first-order chi connectivity index (χ1) is 7.59. The number of hydrogen-bond acceptors (Lipinski definition) is 4. The van der Waals surface area contributed by atoms with Crippen LogP contribution in [0.4, 0.5) is 0 Å². The average Bonchev–Trinajstić information content (AvgIpc) is 2.63. The van der Waals surface area contributed by atoms with Crippen molar-refractivity contribution in [3.63, 3.8) is 0 Å². The fourth-order valence-corrected chi connectivity index (χ4v) is 2.82. The molecule has 1 heterocycles. The van der Waals surface area contributed by atoms with E-state index in [0.29, 0.717) is 17.9 Å². The number of carboxylic acid groups (broad SMARTS) is 1. The van der Waals surface area contributed by atoms with Gasteiger partial charge in [0.15, 0.2) is 0 Å². The van der Waals surface area contributed by atoms with Gasteiger partial charge >= 0.3 is 5.97 Å². The van der Waals surface area contributed by atoms with Crippen LogP contribution < -0.4 is 5.32 Å². The number of rotatable bonds is 6. The zero-order valence-electron chi connectivity index (χ0n) is 8.23. The Kier molecular flexibility index (Phi) is 6.14. The molecule has 4 nitrogen and oxygen atoms in total. The maximum absolute atomic E-state index is 11.5. The molecule has 1 aromatic heterocycles. The second kappa shape index (κ2) is 7.13. The Hall–Kier alpha value is -0.280. The molecule has 0 saturated carbocycles. The predicted octanol–water partition coefficient (Wildman–Crippen LogP) is 1.90. The van der Waals surface area contributed by atoms with Crippen LogP contribution in [0.25, 0.3) is 0 Å². The van der Waals surface area contributed by atoms with Gasteiger partial charge in [0.05, 0.1) is 14.2 Å². The molecule has 0 aliphatic rings. The van der Waals surface area contributed by atoms with Crippen molar-refractivity contribution in [2.75, 3.05) is 18.1 Å². The van der Waals surface area contributed by atoms with Crippen molar-refractivity contribution < 1.29 is 14.7 Å². The van der Waals surface area contributed by atoms with Crippen LogP contribution >= 0.6 is 45.7 Å². The highest BCUT2D eigenvalue weighted by molar-refractivity contribution is 14.1. The largest absolute Gasteiger partial charge is 0.481 e. The van der Waals surface area contributed by atoms with E-state index in [1.165, 1.54) is 23.1 Å². The molecule has 0 aliphatic carbocycles. The molecule has 2 N–H and O–H groups in total. The number of carboxylic acids is 1. The molecule has 0 unspecified atom stereocenters. The second-order valence-electron chi connectivity index (χ2n) is 2.84. The van der Waals surface area contributed by atoms with Crippen LogP contribution in [0.3, 0.4) is 0 Å². The van der Waals surface area contributed by atoms with Gasteiger partial charge in [-0.1, -0.05) is 0 Å². The highest BCUT2D eigenvalue weighted by Crippen LogP contribution is 2.16. The standard InChI is InChI=1S/C9H10INO3S2/c10-7-3-6(4-16-7)9(14)11-1-2-15-5-8(12)13/h3-4H,1-2,5H2,(H,11,14)(H,12,13). The molecule has 1 aromatic rings. The molecule has 0 spiro atoms. The normalized spacial score (nSPS) is 10.1. The molecule has 0 fully saturated rings. The first-order valence-electron chi connectivity index (χ1n) is 4.41. The van der Waals surface area contributed by atoms with E-state index >= 15 is 0 Å². The molecule has 0 aromatic carbocycles. The lowest BCUT2D eigenvalue weighted by atomic mass is 10.3. The van der Waals surface area contributed by atoms with Gasteiger partial charge in [0, 0.05) is 17.7 Å². The summed E-state index contributed by atoms with van der Waals surface area (Å²) in [5.74, 6) is -0.246. The lowest BCUT2D eigenvalue weighted by Crippen LogP contribution is -2.25. The van der Waals surface area contributed by atoms with Crippen LogP contribution in [0.1, 0.15) is 10.4 Å². The minimum absolute atomic E-state index is 0.0756. The van der Waals surface area contributed by atoms with E-state index in [0.717, 1.165) is 2.88 Å². The van der Waals surface area contributed by atoms with E-state index in [4.69, 9.17) is 5.11 Å². The summed E-state index contributed by atoms with van der Waals surface area (Å²) in [5, 5.41) is 12.9. The lowest BCUT2D eigenvalue weighted by molar-refractivity contribution is -0.133. The molecule has 16 heavy (non-hydrogen) atoms. The lowest BCUT2D eigenvalue weighted by Gasteiger charge is -2.02. The predicted molar refractivity (Wildman–Crippen MR) is 74.3 cm³/mol. The van der Waals surface area contributed by atoms with Gasteiger partial charge in [-0.05, 0) is 28.7 Å². The van der Waals surface area contributed by atoms with Crippen LogP contribution in [-0.4, -0.2) is 35.0 Å². The summed E-state index contributed by atoms with van der Waals surface area (Å²) in [6.07, 6.45) is 0. The average molecular weight is 371 g/mol. The molecule has 0 saturated heterocycles. The van der Waals surface area contributed by atoms with Gasteiger partial charge in [0.2, 0.25) is 0 Å². The van der Waals surface area contributed by atoms with E-state index < -0.39 is 5.97 Å². The number of thioether (sulfide) groups is 1. The Morgan fingerprint density at radius 1 is 1.56 bits per heavy atom. The first-order valence-corrected chi connectivity index (χ1v) is 7.52. The number of carbonyl (C=O) groups excluding carboxylic acids is 1. The zero-order chi connectivity index (χ0) is 12.0. The maximum atomic E-state index is 11.5. The summed E-state index contributed by atoms with van der Waals surface area (Å²) in [4.78, 5) is 21.7. The summed E-state index contributed by atoms with van der Waals surface area (Å²) >= 11 is 4.98. The van der Waals surface area contributed by atoms with E-state index in [-0.39, 0.29) is 11.7 Å². The SMILES string of the molecule is O=C(O)CSCCNC(=O)c1csc(I)c1. The van der Waals surface area contributed by atoms with Gasteiger partial charge in [-0.25, -0.2) is 0 Å². The Balaban J connectivity index is 2.18. The molecule has 1 rings (SSSR count). The van der Waals surface area contributed by atoms with Gasteiger partial charge < -0.3 is 10.4 Å². The van der Waals surface area contributed by atoms with Gasteiger partial charge in [0.1, 0.15) is 0 Å². The number of hydrogen-bond donors (Lipinski definition) is 2. The molecule has 0 radical (unpaired) electrons. The third kappa shape index (κ3) is 5.17. The van der Waals surface area contributed by atoms with Crippen LogP contribution in [0, 0.1) is 2.88 Å². The molecule has 7 heteroatoms. The fourth-order valence-electron chi connectivity index (χ4n) is 0.927. The first kappa shape index (κ1) is 13.8. The highest BCUT2D eigenvalue weighted by atomic mass is 127. The number of halogens is 1. The quantitative estimate of drug-likeness (QED) is 0.592. The summed E-state index contributed by atoms with van der Waals surface area (Å²) in [6, 6.07) is 1.82. The van der Waals surface area contributed by atoms with Crippen LogP contribution in [0.15, 0.2) is 11.4 Å². The highest BCUT2D eigenvalue weighted by Gasteiger charge is 2.06. The Morgan fingerprint density at radius 3 is 2.88 bits per heavy atom. The molecule has 88 valence electrons.